The highest BCUT2D eigenvalue weighted by Crippen LogP contribution is 2.50. The van der Waals surface area contributed by atoms with E-state index < -0.39 is 0 Å². The molecule has 0 amide bonds. The first-order chi connectivity index (χ1) is 2.71. The molecule has 1 saturated heterocycles. The molecule has 0 nitrogen and oxygen atoms in total. The van der Waals surface area contributed by atoms with E-state index in [0.29, 0.717) is 0 Å². The number of hydrogen-bond donors (Lipinski definition) is 0. The Labute approximate surface area is 58.3 Å². The molecule has 0 radical (unpaired) electrons. The lowest BCUT2D eigenvalue weighted by Crippen LogP contribution is -2.17. The highest BCUT2D eigenvalue weighted by molar-refractivity contribution is 9.28. The lowest BCUT2D eigenvalue weighted by atomic mass is 10.5. The van der Waals surface area contributed by atoms with E-state index in [9.17, 15) is 0 Å². The highest BCUT2D eigenvalue weighted by Gasteiger charge is 2.30. The summed E-state index contributed by atoms with van der Waals surface area (Å²) in [6.45, 7) is 0. The molecule has 0 aromatic heterocycles. The fourth-order valence-electron chi connectivity index (χ4n) is 0.256. The van der Waals surface area contributed by atoms with Gasteiger partial charge in [-0.3, -0.25) is 0 Å². The van der Waals surface area contributed by atoms with Crippen LogP contribution >= 0.6 is 43.6 Å². The van der Waals surface area contributed by atoms with Crippen molar-refractivity contribution in [1.29, 1.82) is 0 Å². The Balaban J connectivity index is 2.31. The molecule has 3 heteroatoms. The zero-order valence-electron chi connectivity index (χ0n) is 3.08. The molecule has 0 aromatic rings. The molecule has 0 bridgehead atoms. The first kappa shape index (κ1) is 5.45. The molecule has 1 aliphatic rings. The van der Waals surface area contributed by atoms with Gasteiger partial charge < -0.3 is 0 Å². The molecule has 0 N–H and O–H groups in total. The van der Waals surface area contributed by atoms with Crippen LogP contribution in [-0.4, -0.2) is 8.32 Å². The average molecular weight is 232 g/mol. The molecule has 6 heavy (non-hydrogen) atoms. The van der Waals surface area contributed by atoms with Crippen LogP contribution in [0.5, 0.6) is 0 Å². The van der Waals surface area contributed by atoms with Crippen LogP contribution in [-0.2, 0) is 0 Å². The smallest absolute Gasteiger partial charge is 0.126 e. The van der Waals surface area contributed by atoms with Crippen molar-refractivity contribution in [2.24, 2.45) is 0 Å². The average Bonchev–Trinajstić information content (AvgIpc) is 1.32. The third-order valence-corrected chi connectivity index (χ3v) is 3.91. The lowest BCUT2D eigenvalue weighted by molar-refractivity contribution is 0.985. The van der Waals surface area contributed by atoms with Gasteiger partial charge in [0.05, 0.1) is 0 Å². The Kier molecular flexibility index (Phi) is 1.52. The second kappa shape index (κ2) is 1.67. The second-order valence-electron chi connectivity index (χ2n) is 1.24. The van der Waals surface area contributed by atoms with Gasteiger partial charge in [0.15, 0.2) is 0 Å². The van der Waals surface area contributed by atoms with Crippen LogP contribution in [0.2, 0.25) is 0 Å². The minimum Gasteiger partial charge on any atom is -0.132 e. The fourth-order valence-corrected chi connectivity index (χ4v) is 2.71. The summed E-state index contributed by atoms with van der Waals surface area (Å²) >= 11 is 8.78. The molecule has 0 aliphatic carbocycles. The van der Waals surface area contributed by atoms with E-state index in [2.05, 4.69) is 31.9 Å². The van der Waals surface area contributed by atoms with E-state index in [1.165, 1.54) is 12.2 Å². The Hall–Kier alpha value is 1.31. The van der Waals surface area contributed by atoms with Crippen LogP contribution in [0.1, 0.15) is 6.42 Å². The molecule has 0 saturated carbocycles. The van der Waals surface area contributed by atoms with Crippen LogP contribution < -0.4 is 0 Å². The summed E-state index contributed by atoms with van der Waals surface area (Å²) in [5, 5.41) is 0. The van der Waals surface area contributed by atoms with Gasteiger partial charge in [0.2, 0.25) is 0 Å². The normalized spacial score (nSPS) is 29.0. The van der Waals surface area contributed by atoms with Gasteiger partial charge in [0, 0.05) is 0 Å². The molecule has 36 valence electrons. The van der Waals surface area contributed by atoms with Gasteiger partial charge in [0.25, 0.3) is 0 Å². The summed E-state index contributed by atoms with van der Waals surface area (Å²) in [6.07, 6.45) is 1.25. The fraction of sp³-hybridized carbons (Fsp3) is 1.00. The summed E-state index contributed by atoms with van der Waals surface area (Å²) in [6, 6.07) is 0. The molecular formula is C3H4Br2S. The van der Waals surface area contributed by atoms with Gasteiger partial charge in [-0.05, 0) is 12.2 Å². The minimum atomic E-state index is 0.264. The summed E-state index contributed by atoms with van der Waals surface area (Å²) < 4.78 is 0.264. The van der Waals surface area contributed by atoms with Gasteiger partial charge >= 0.3 is 0 Å². The van der Waals surface area contributed by atoms with E-state index in [1.54, 1.807) is 0 Å². The van der Waals surface area contributed by atoms with Crippen molar-refractivity contribution in [1.82, 2.24) is 0 Å². The maximum absolute atomic E-state index is 3.44. The van der Waals surface area contributed by atoms with E-state index in [4.69, 9.17) is 0 Å². The highest BCUT2D eigenvalue weighted by atomic mass is 79.9. The monoisotopic (exact) mass is 230 g/mol. The second-order valence-corrected chi connectivity index (χ2v) is 7.45. The van der Waals surface area contributed by atoms with E-state index >= 15 is 0 Å². The summed E-state index contributed by atoms with van der Waals surface area (Å²) in [5.74, 6) is 1.29. The van der Waals surface area contributed by atoms with Crippen LogP contribution in [0.3, 0.4) is 0 Å². The molecule has 0 aromatic carbocycles. The zero-order chi connectivity index (χ0) is 4.62. The summed E-state index contributed by atoms with van der Waals surface area (Å²) in [4.78, 5) is 0. The lowest BCUT2D eigenvalue weighted by Gasteiger charge is -2.28. The third-order valence-electron chi connectivity index (χ3n) is 0.706. The van der Waals surface area contributed by atoms with Gasteiger partial charge in [-0.15, -0.1) is 11.8 Å². The SMILES string of the molecule is BrC1(Br)CCS1. The van der Waals surface area contributed by atoms with Gasteiger partial charge in [-0.25, -0.2) is 0 Å². The Morgan fingerprint density at radius 3 is 1.83 bits per heavy atom. The third kappa shape index (κ3) is 1.14. The van der Waals surface area contributed by atoms with Gasteiger partial charge in [-0.2, -0.15) is 0 Å². The quantitative estimate of drug-likeness (QED) is 0.578. The van der Waals surface area contributed by atoms with E-state index in [0.717, 1.165) is 0 Å². The van der Waals surface area contributed by atoms with Crippen molar-refractivity contribution >= 4 is 43.6 Å². The number of thioether (sulfide) groups is 1. The van der Waals surface area contributed by atoms with Crippen molar-refractivity contribution in [3.63, 3.8) is 0 Å². The topological polar surface area (TPSA) is 0 Å². The minimum absolute atomic E-state index is 0.264. The largest absolute Gasteiger partial charge is 0.132 e. The Morgan fingerprint density at radius 2 is 1.83 bits per heavy atom. The number of alkyl halides is 2. The molecule has 1 fully saturated rings. The molecule has 0 spiro atoms. The van der Waals surface area contributed by atoms with Crippen LogP contribution in [0.25, 0.3) is 0 Å². The van der Waals surface area contributed by atoms with Crippen molar-refractivity contribution in [2.75, 3.05) is 5.75 Å². The van der Waals surface area contributed by atoms with Crippen LogP contribution in [0.15, 0.2) is 0 Å². The zero-order valence-corrected chi connectivity index (χ0v) is 7.07. The van der Waals surface area contributed by atoms with Crippen molar-refractivity contribution in [3.05, 3.63) is 0 Å². The summed E-state index contributed by atoms with van der Waals surface area (Å²) in [5.41, 5.74) is 0. The predicted molar refractivity (Wildman–Crippen MR) is 37.7 cm³/mol. The van der Waals surface area contributed by atoms with E-state index in [1.807, 2.05) is 11.8 Å². The van der Waals surface area contributed by atoms with Gasteiger partial charge in [0.1, 0.15) is 2.57 Å². The van der Waals surface area contributed by atoms with Crippen LogP contribution in [0.4, 0.5) is 0 Å². The van der Waals surface area contributed by atoms with Crippen molar-refractivity contribution < 1.29 is 0 Å². The van der Waals surface area contributed by atoms with Gasteiger partial charge in [-0.1, -0.05) is 31.9 Å². The molecule has 0 unspecified atom stereocenters. The standard InChI is InChI=1S/C3H4Br2S/c4-3(5)1-2-6-3/h1-2H2. The number of hydrogen-bond acceptors (Lipinski definition) is 1. The Morgan fingerprint density at radius 1 is 1.50 bits per heavy atom. The molecule has 1 heterocycles. The van der Waals surface area contributed by atoms with Crippen LogP contribution in [0, 0.1) is 0 Å². The molecule has 1 aliphatic heterocycles. The maximum atomic E-state index is 3.44. The van der Waals surface area contributed by atoms with Crippen molar-refractivity contribution in [2.45, 2.75) is 8.99 Å². The Bertz CT molecular complexity index is 55.8. The molecule has 0 atom stereocenters. The van der Waals surface area contributed by atoms with E-state index in [-0.39, 0.29) is 2.57 Å². The number of rotatable bonds is 0. The summed E-state index contributed by atoms with van der Waals surface area (Å²) in [7, 11) is 0. The molecule has 1 rings (SSSR count). The maximum Gasteiger partial charge on any atom is 0.126 e. The predicted octanol–water partition coefficient (Wildman–Crippen LogP) is 2.57. The first-order valence-corrected chi connectivity index (χ1v) is 4.30. The molecular weight excluding hydrogens is 228 g/mol. The first-order valence-electron chi connectivity index (χ1n) is 1.72. The van der Waals surface area contributed by atoms with Crippen molar-refractivity contribution in [3.8, 4) is 0 Å². The number of halogens is 2.